The van der Waals surface area contributed by atoms with E-state index in [0.29, 0.717) is 49.1 Å². The van der Waals surface area contributed by atoms with Crippen LogP contribution in [0.25, 0.3) is 0 Å². The third kappa shape index (κ3) is 6.58. The van der Waals surface area contributed by atoms with Gasteiger partial charge in [0.15, 0.2) is 0 Å². The first-order chi connectivity index (χ1) is 18.9. The van der Waals surface area contributed by atoms with Gasteiger partial charge in [-0.15, -0.1) is 0 Å². The monoisotopic (exact) mass is 533 g/mol. The van der Waals surface area contributed by atoms with Crippen LogP contribution in [-0.4, -0.2) is 77.0 Å². The third-order valence-corrected chi connectivity index (χ3v) is 7.05. The number of imidazole rings is 1. The number of carbonyl (C=O) groups excluding carboxylic acids is 2. The minimum absolute atomic E-state index is 0.0887. The summed E-state index contributed by atoms with van der Waals surface area (Å²) in [5, 5.41) is 3.14. The first kappa shape index (κ1) is 26.7. The molecular formula is C29H35N5O5. The minimum atomic E-state index is -0.301. The number of nitrogens with zero attached hydrogens (tertiary/aromatic N) is 3. The predicted molar refractivity (Wildman–Crippen MR) is 145 cm³/mol. The van der Waals surface area contributed by atoms with E-state index in [1.807, 2.05) is 38.1 Å². The van der Waals surface area contributed by atoms with Gasteiger partial charge in [-0.05, 0) is 50.1 Å². The van der Waals surface area contributed by atoms with Crippen molar-refractivity contribution in [2.75, 3.05) is 33.3 Å². The normalized spacial score (nSPS) is 20.6. The molecule has 2 amide bonds. The summed E-state index contributed by atoms with van der Waals surface area (Å²) >= 11 is 0. The van der Waals surface area contributed by atoms with E-state index < -0.39 is 0 Å². The van der Waals surface area contributed by atoms with Crippen LogP contribution in [0.5, 0.6) is 17.2 Å². The molecule has 39 heavy (non-hydrogen) atoms. The van der Waals surface area contributed by atoms with Gasteiger partial charge < -0.3 is 29.4 Å². The Hall–Kier alpha value is -3.89. The van der Waals surface area contributed by atoms with E-state index in [-0.39, 0.29) is 30.5 Å². The Balaban J connectivity index is 1.41. The van der Waals surface area contributed by atoms with Crippen LogP contribution in [0.15, 0.2) is 48.8 Å². The van der Waals surface area contributed by atoms with Gasteiger partial charge in [0.1, 0.15) is 17.2 Å². The lowest BCUT2D eigenvalue weighted by atomic mass is 10.0. The van der Waals surface area contributed by atoms with E-state index in [4.69, 9.17) is 14.2 Å². The van der Waals surface area contributed by atoms with E-state index >= 15 is 0 Å². The molecule has 0 saturated carbocycles. The molecule has 1 saturated heterocycles. The van der Waals surface area contributed by atoms with E-state index in [1.54, 1.807) is 31.6 Å². The highest BCUT2D eigenvalue weighted by atomic mass is 16.5. The molecule has 0 aliphatic carbocycles. The number of likely N-dealkylation sites (tertiary alicyclic amines) is 1. The number of carbonyl (C=O) groups is 2. The minimum Gasteiger partial charge on any atom is -0.494 e. The molecule has 0 unspecified atom stereocenters. The quantitative estimate of drug-likeness (QED) is 0.530. The Morgan fingerprint density at radius 1 is 1.15 bits per heavy atom. The Labute approximate surface area is 228 Å². The average Bonchev–Trinajstić information content (AvgIpc) is 3.31. The van der Waals surface area contributed by atoms with Gasteiger partial charge >= 0.3 is 0 Å². The number of rotatable bonds is 4. The van der Waals surface area contributed by atoms with Crippen LogP contribution in [0.2, 0.25) is 0 Å². The van der Waals surface area contributed by atoms with Gasteiger partial charge in [0, 0.05) is 44.0 Å². The summed E-state index contributed by atoms with van der Waals surface area (Å²) in [6, 6.07) is 12.5. The summed E-state index contributed by atoms with van der Waals surface area (Å²) in [7, 11) is 1.61. The number of ether oxygens (including phenoxy) is 3. The first-order valence-corrected chi connectivity index (χ1v) is 13.3. The van der Waals surface area contributed by atoms with E-state index in [1.165, 1.54) is 4.90 Å². The molecule has 2 aliphatic rings. The number of hydrogen-bond acceptors (Lipinski definition) is 7. The smallest absolute Gasteiger partial charge is 0.254 e. The molecule has 3 aromatic rings. The van der Waals surface area contributed by atoms with Gasteiger partial charge in [-0.3, -0.25) is 14.5 Å². The van der Waals surface area contributed by atoms with Crippen molar-refractivity contribution >= 4 is 11.8 Å². The number of benzene rings is 2. The number of aromatic amines is 1. The number of nitrogens with one attached hydrogen (secondary N) is 2. The molecule has 4 bridgehead atoms. The van der Waals surface area contributed by atoms with E-state index in [9.17, 15) is 9.59 Å². The summed E-state index contributed by atoms with van der Waals surface area (Å²) < 4.78 is 18.2. The van der Waals surface area contributed by atoms with Crippen LogP contribution in [0.3, 0.4) is 0 Å². The Morgan fingerprint density at radius 3 is 2.82 bits per heavy atom. The molecule has 10 nitrogen and oxygen atoms in total. The fourth-order valence-electron chi connectivity index (χ4n) is 5.04. The van der Waals surface area contributed by atoms with Crippen LogP contribution in [0.1, 0.15) is 40.7 Å². The molecule has 0 radical (unpaired) electrons. The van der Waals surface area contributed by atoms with Crippen molar-refractivity contribution in [3.63, 3.8) is 0 Å². The molecule has 2 atom stereocenters. The van der Waals surface area contributed by atoms with Gasteiger partial charge in [0.25, 0.3) is 5.91 Å². The molecule has 2 aromatic carbocycles. The lowest BCUT2D eigenvalue weighted by Gasteiger charge is -2.38. The van der Waals surface area contributed by atoms with Crippen molar-refractivity contribution < 1.29 is 23.8 Å². The molecule has 1 aromatic heterocycles. The Morgan fingerprint density at radius 2 is 2.03 bits per heavy atom. The summed E-state index contributed by atoms with van der Waals surface area (Å²) in [6.45, 7) is 6.74. The predicted octanol–water partition coefficient (Wildman–Crippen LogP) is 3.27. The molecule has 5 rings (SSSR count). The molecule has 10 heteroatoms. The molecule has 3 heterocycles. The molecule has 1 fully saturated rings. The fraction of sp³-hybridized carbons (Fsp3) is 0.414. The standard InChI is InChI=1S/C29H35N5O5/c1-4-37-23-11-21-12-24(13-23)39-22-7-5-6-20(10-22)17-38-27-8-9-34(14-25-19(2)30-18-31-25)15-26(27)32-28(35)16-33(3)29(21)36/h5-7,10-13,18,26-27H,4,8-9,14-17H2,1-3H3,(H,30,31)(H,32,35)/t26-,27+/m0/s1. The topological polar surface area (TPSA) is 109 Å². The van der Waals surface area contributed by atoms with Crippen LogP contribution in [-0.2, 0) is 22.7 Å². The van der Waals surface area contributed by atoms with Crippen LogP contribution >= 0.6 is 0 Å². The van der Waals surface area contributed by atoms with Gasteiger partial charge in [-0.2, -0.15) is 0 Å². The second-order valence-corrected chi connectivity index (χ2v) is 10.1. The summed E-state index contributed by atoms with van der Waals surface area (Å²) in [5.41, 5.74) is 3.36. The highest BCUT2D eigenvalue weighted by Crippen LogP contribution is 2.29. The number of aryl methyl sites for hydroxylation is 1. The van der Waals surface area contributed by atoms with Crippen molar-refractivity contribution in [1.82, 2.24) is 25.1 Å². The van der Waals surface area contributed by atoms with Gasteiger partial charge in [0.2, 0.25) is 5.91 Å². The Bertz CT molecular complexity index is 1320. The zero-order chi connectivity index (χ0) is 27.4. The molecule has 2 aliphatic heterocycles. The van der Waals surface area contributed by atoms with Gasteiger partial charge in [-0.25, -0.2) is 4.98 Å². The zero-order valence-electron chi connectivity index (χ0n) is 22.6. The van der Waals surface area contributed by atoms with Crippen LogP contribution < -0.4 is 14.8 Å². The van der Waals surface area contributed by atoms with E-state index in [2.05, 4.69) is 20.2 Å². The maximum Gasteiger partial charge on any atom is 0.254 e. The second-order valence-electron chi connectivity index (χ2n) is 10.1. The largest absolute Gasteiger partial charge is 0.494 e. The SMILES string of the molecule is CCOc1cc2cc(c1)C(=O)N(C)CC(=O)N[C@H]1CN(Cc3nc[nH]c3C)CC[C@H]1OCc1cccc(c1)O2. The summed E-state index contributed by atoms with van der Waals surface area (Å²) in [6.07, 6.45) is 2.28. The van der Waals surface area contributed by atoms with Crippen molar-refractivity contribution in [1.29, 1.82) is 0 Å². The maximum atomic E-state index is 13.3. The van der Waals surface area contributed by atoms with Crippen LogP contribution in [0, 0.1) is 6.92 Å². The highest BCUT2D eigenvalue weighted by molar-refractivity contribution is 5.97. The van der Waals surface area contributed by atoms with Crippen molar-refractivity contribution in [3.05, 3.63) is 71.3 Å². The van der Waals surface area contributed by atoms with Crippen LogP contribution in [0.4, 0.5) is 0 Å². The maximum absolute atomic E-state index is 13.3. The summed E-state index contributed by atoms with van der Waals surface area (Å²) in [4.78, 5) is 37.7. The number of amides is 2. The molecule has 0 spiro atoms. The fourth-order valence-corrected chi connectivity index (χ4v) is 5.04. The number of fused-ring (bicyclic) bond motifs is 5. The highest BCUT2D eigenvalue weighted by Gasteiger charge is 2.32. The lowest BCUT2D eigenvalue weighted by molar-refractivity contribution is -0.125. The lowest BCUT2D eigenvalue weighted by Crippen LogP contribution is -2.57. The average molecular weight is 534 g/mol. The molecular weight excluding hydrogens is 498 g/mol. The zero-order valence-corrected chi connectivity index (χ0v) is 22.6. The number of H-pyrrole nitrogens is 1. The molecule has 2 N–H and O–H groups in total. The first-order valence-electron chi connectivity index (χ1n) is 13.3. The van der Waals surface area contributed by atoms with Crippen molar-refractivity contribution in [2.45, 2.75) is 45.6 Å². The number of likely N-dealkylation sites (N-methyl/N-ethyl adjacent to an activating group) is 1. The van der Waals surface area contributed by atoms with E-state index in [0.717, 1.165) is 29.9 Å². The van der Waals surface area contributed by atoms with Gasteiger partial charge in [-0.1, -0.05) is 12.1 Å². The number of hydrogen-bond donors (Lipinski definition) is 2. The third-order valence-electron chi connectivity index (χ3n) is 7.05. The Kier molecular flexibility index (Phi) is 8.13. The number of aromatic nitrogens is 2. The van der Waals surface area contributed by atoms with Crippen molar-refractivity contribution in [2.24, 2.45) is 0 Å². The summed E-state index contributed by atoms with van der Waals surface area (Å²) in [5.74, 6) is 1.09. The second kappa shape index (κ2) is 11.9. The molecule has 206 valence electrons. The van der Waals surface area contributed by atoms with Crippen molar-refractivity contribution in [3.8, 4) is 17.2 Å². The van der Waals surface area contributed by atoms with Gasteiger partial charge in [0.05, 0.1) is 43.9 Å². The number of piperidine rings is 1.